The van der Waals surface area contributed by atoms with E-state index in [1.165, 1.54) is 0 Å². The zero-order valence-corrected chi connectivity index (χ0v) is 17.2. The van der Waals surface area contributed by atoms with Crippen LogP contribution in [0, 0.1) is 0 Å². The standard InChI is InChI=1S/C25H23NO4/c1-26(2)19-8-4-17(5-9-19)14-24-25(27)22-13-12-21(15-23(22)30-24)29-16-18-6-10-20(28-3)11-7-18/h4-15H,16H2,1-3H3/b24-14-. The van der Waals surface area contributed by atoms with Gasteiger partial charge >= 0.3 is 0 Å². The van der Waals surface area contributed by atoms with E-state index in [0.29, 0.717) is 29.4 Å². The van der Waals surface area contributed by atoms with Crippen LogP contribution >= 0.6 is 0 Å². The Morgan fingerprint density at radius 1 is 0.933 bits per heavy atom. The Morgan fingerprint density at radius 3 is 2.30 bits per heavy atom. The highest BCUT2D eigenvalue weighted by Crippen LogP contribution is 2.35. The van der Waals surface area contributed by atoms with Gasteiger partial charge in [0.25, 0.3) is 0 Å². The zero-order chi connectivity index (χ0) is 21.1. The number of methoxy groups -OCH3 is 1. The molecule has 0 bridgehead atoms. The topological polar surface area (TPSA) is 48.0 Å². The van der Waals surface area contributed by atoms with Crippen molar-refractivity contribution in [2.45, 2.75) is 6.61 Å². The minimum atomic E-state index is -0.122. The lowest BCUT2D eigenvalue weighted by Gasteiger charge is -2.11. The first-order chi connectivity index (χ1) is 14.5. The van der Waals surface area contributed by atoms with Gasteiger partial charge in [0.1, 0.15) is 23.9 Å². The van der Waals surface area contributed by atoms with Gasteiger partial charge in [-0.15, -0.1) is 0 Å². The summed E-state index contributed by atoms with van der Waals surface area (Å²) in [5.74, 6) is 2.16. The molecule has 0 N–H and O–H groups in total. The van der Waals surface area contributed by atoms with Gasteiger partial charge in [0.2, 0.25) is 5.78 Å². The van der Waals surface area contributed by atoms with Gasteiger partial charge in [-0.25, -0.2) is 0 Å². The van der Waals surface area contributed by atoms with Gasteiger partial charge in [0.05, 0.1) is 12.7 Å². The highest BCUT2D eigenvalue weighted by atomic mass is 16.5. The molecule has 30 heavy (non-hydrogen) atoms. The van der Waals surface area contributed by atoms with Gasteiger partial charge in [-0.2, -0.15) is 0 Å². The number of benzene rings is 3. The number of nitrogens with zero attached hydrogens (tertiary/aromatic N) is 1. The molecule has 3 aromatic rings. The Hall–Kier alpha value is -3.73. The van der Waals surface area contributed by atoms with Crippen LogP contribution in [-0.2, 0) is 6.61 Å². The van der Waals surface area contributed by atoms with Crippen LogP contribution in [0.25, 0.3) is 6.08 Å². The molecule has 1 aliphatic heterocycles. The van der Waals surface area contributed by atoms with E-state index in [2.05, 4.69) is 0 Å². The fourth-order valence-corrected chi connectivity index (χ4v) is 3.17. The predicted octanol–water partition coefficient (Wildman–Crippen LogP) is 4.96. The van der Waals surface area contributed by atoms with Gasteiger partial charge in [-0.1, -0.05) is 24.3 Å². The number of hydrogen-bond donors (Lipinski definition) is 0. The maximum Gasteiger partial charge on any atom is 0.231 e. The first kappa shape index (κ1) is 19.6. The van der Waals surface area contributed by atoms with Gasteiger partial charge in [0.15, 0.2) is 5.76 Å². The maximum atomic E-state index is 12.7. The van der Waals surface area contributed by atoms with Crippen molar-refractivity contribution in [1.82, 2.24) is 0 Å². The number of carbonyl (C=O) groups excluding carboxylic acids is 1. The Kier molecular flexibility index (Phi) is 5.44. The van der Waals surface area contributed by atoms with E-state index in [1.54, 1.807) is 31.4 Å². The van der Waals surface area contributed by atoms with E-state index in [9.17, 15) is 4.79 Å². The fraction of sp³-hybridized carbons (Fsp3) is 0.160. The molecule has 1 aliphatic rings. The largest absolute Gasteiger partial charge is 0.497 e. The molecule has 0 amide bonds. The molecule has 0 aromatic heterocycles. The second kappa shape index (κ2) is 8.33. The fourth-order valence-electron chi connectivity index (χ4n) is 3.17. The van der Waals surface area contributed by atoms with Gasteiger partial charge < -0.3 is 19.1 Å². The van der Waals surface area contributed by atoms with Crippen LogP contribution in [0.3, 0.4) is 0 Å². The third-order valence-electron chi connectivity index (χ3n) is 4.91. The van der Waals surface area contributed by atoms with E-state index in [1.807, 2.05) is 67.5 Å². The second-order valence-corrected chi connectivity index (χ2v) is 7.22. The number of hydrogen-bond acceptors (Lipinski definition) is 5. The van der Waals surface area contributed by atoms with E-state index >= 15 is 0 Å². The van der Waals surface area contributed by atoms with Crippen molar-refractivity contribution in [1.29, 1.82) is 0 Å². The summed E-state index contributed by atoms with van der Waals surface area (Å²) in [6, 6.07) is 20.9. The number of fused-ring (bicyclic) bond motifs is 1. The molecular formula is C25H23NO4. The summed E-state index contributed by atoms with van der Waals surface area (Å²) < 4.78 is 16.9. The maximum absolute atomic E-state index is 12.7. The van der Waals surface area contributed by atoms with Crippen molar-refractivity contribution < 1.29 is 19.0 Å². The highest BCUT2D eigenvalue weighted by molar-refractivity contribution is 6.14. The molecular weight excluding hydrogens is 378 g/mol. The van der Waals surface area contributed by atoms with Gasteiger partial charge in [0, 0.05) is 25.8 Å². The monoisotopic (exact) mass is 401 g/mol. The normalized spacial score (nSPS) is 13.7. The van der Waals surface area contributed by atoms with Crippen molar-refractivity contribution in [2.24, 2.45) is 0 Å². The molecule has 0 spiro atoms. The molecule has 0 saturated heterocycles. The summed E-state index contributed by atoms with van der Waals surface area (Å²) >= 11 is 0. The van der Waals surface area contributed by atoms with Crippen molar-refractivity contribution in [3.63, 3.8) is 0 Å². The summed E-state index contributed by atoms with van der Waals surface area (Å²) in [5, 5.41) is 0. The van der Waals surface area contributed by atoms with E-state index in [-0.39, 0.29) is 5.78 Å². The molecule has 0 radical (unpaired) electrons. The smallest absolute Gasteiger partial charge is 0.231 e. The zero-order valence-electron chi connectivity index (χ0n) is 17.2. The third-order valence-corrected chi connectivity index (χ3v) is 4.91. The van der Waals surface area contributed by atoms with Crippen molar-refractivity contribution in [2.75, 3.05) is 26.1 Å². The summed E-state index contributed by atoms with van der Waals surface area (Å²) in [4.78, 5) is 14.7. The number of carbonyl (C=O) groups is 1. The molecule has 152 valence electrons. The van der Waals surface area contributed by atoms with Crippen LogP contribution in [0.15, 0.2) is 72.5 Å². The Balaban J connectivity index is 1.46. The van der Waals surface area contributed by atoms with E-state index in [4.69, 9.17) is 14.2 Å². The number of rotatable bonds is 6. The minimum Gasteiger partial charge on any atom is -0.497 e. The molecule has 5 nitrogen and oxygen atoms in total. The number of anilines is 1. The summed E-state index contributed by atoms with van der Waals surface area (Å²) in [6.45, 7) is 0.414. The molecule has 0 aliphatic carbocycles. The molecule has 0 fully saturated rings. The lowest BCUT2D eigenvalue weighted by Crippen LogP contribution is -2.08. The Morgan fingerprint density at radius 2 is 1.63 bits per heavy atom. The summed E-state index contributed by atoms with van der Waals surface area (Å²) in [6.07, 6.45) is 1.76. The van der Waals surface area contributed by atoms with Crippen LogP contribution in [0.1, 0.15) is 21.5 Å². The molecule has 0 saturated carbocycles. The van der Waals surface area contributed by atoms with E-state index in [0.717, 1.165) is 22.6 Å². The number of Topliss-reactive ketones (excluding diaryl/α,β-unsaturated/α-hetero) is 1. The lowest BCUT2D eigenvalue weighted by atomic mass is 10.1. The first-order valence-electron chi connectivity index (χ1n) is 9.65. The van der Waals surface area contributed by atoms with Crippen LogP contribution in [0.5, 0.6) is 17.2 Å². The molecule has 0 atom stereocenters. The molecule has 5 heteroatoms. The second-order valence-electron chi connectivity index (χ2n) is 7.22. The van der Waals surface area contributed by atoms with Crippen LogP contribution in [-0.4, -0.2) is 27.0 Å². The number of ketones is 1. The van der Waals surface area contributed by atoms with Crippen molar-refractivity contribution in [3.8, 4) is 17.2 Å². The third kappa shape index (κ3) is 4.15. The van der Waals surface area contributed by atoms with Crippen LogP contribution in [0.2, 0.25) is 0 Å². The minimum absolute atomic E-state index is 0.122. The van der Waals surface area contributed by atoms with Crippen LogP contribution < -0.4 is 19.1 Å². The van der Waals surface area contributed by atoms with Crippen molar-refractivity contribution >= 4 is 17.5 Å². The number of allylic oxidation sites excluding steroid dienone is 1. The highest BCUT2D eigenvalue weighted by Gasteiger charge is 2.27. The molecule has 4 rings (SSSR count). The van der Waals surface area contributed by atoms with E-state index < -0.39 is 0 Å². The van der Waals surface area contributed by atoms with Gasteiger partial charge in [-0.3, -0.25) is 4.79 Å². The van der Waals surface area contributed by atoms with Crippen LogP contribution in [0.4, 0.5) is 5.69 Å². The quantitative estimate of drug-likeness (QED) is 0.547. The van der Waals surface area contributed by atoms with Gasteiger partial charge in [-0.05, 0) is 53.6 Å². The molecule has 0 unspecified atom stereocenters. The number of ether oxygens (including phenoxy) is 3. The SMILES string of the molecule is COc1ccc(COc2ccc3c(c2)O/C(=C\c2ccc(N(C)C)cc2)C3=O)cc1. The summed E-state index contributed by atoms with van der Waals surface area (Å²) in [5.41, 5.74) is 3.57. The van der Waals surface area contributed by atoms with Crippen molar-refractivity contribution in [3.05, 3.63) is 89.2 Å². The summed E-state index contributed by atoms with van der Waals surface area (Å²) in [7, 11) is 5.61. The Bertz CT molecular complexity index is 1080. The average molecular weight is 401 g/mol. The average Bonchev–Trinajstić information content (AvgIpc) is 3.07. The predicted molar refractivity (Wildman–Crippen MR) is 117 cm³/mol. The lowest BCUT2D eigenvalue weighted by molar-refractivity contribution is 0.101. The first-order valence-corrected chi connectivity index (χ1v) is 9.65. The Labute approximate surface area is 176 Å². The molecule has 3 aromatic carbocycles. The molecule has 1 heterocycles.